The number of carbonyl (C=O) groups is 1. The molecule has 0 spiro atoms. The van der Waals surface area contributed by atoms with Crippen LogP contribution in [-0.2, 0) is 19.6 Å². The maximum Gasteiger partial charge on any atom is 0.240 e. The average molecular weight is 432 g/mol. The second kappa shape index (κ2) is 10.2. The maximum atomic E-state index is 12.6. The zero-order valence-corrected chi connectivity index (χ0v) is 18.2. The summed E-state index contributed by atoms with van der Waals surface area (Å²) in [7, 11) is -3.60. The minimum absolute atomic E-state index is 0.0569. The predicted octanol–water partition coefficient (Wildman–Crippen LogP) is 2.70. The molecule has 2 aromatic rings. The topological polar surface area (TPSA) is 87.7 Å². The first-order valence-corrected chi connectivity index (χ1v) is 11.6. The molecule has 1 saturated heterocycles. The van der Waals surface area contributed by atoms with Gasteiger partial charge in [0.25, 0.3) is 0 Å². The van der Waals surface area contributed by atoms with Crippen LogP contribution in [0.5, 0.6) is 0 Å². The van der Waals surface area contributed by atoms with E-state index in [1.165, 1.54) is 18.6 Å². The molecule has 162 valence electrons. The molecule has 2 N–H and O–H groups in total. The Hall–Kier alpha value is -2.26. The van der Waals surface area contributed by atoms with Crippen molar-refractivity contribution in [3.63, 3.8) is 0 Å². The molecule has 1 fully saturated rings. The van der Waals surface area contributed by atoms with Gasteiger partial charge in [-0.2, -0.15) is 0 Å². The van der Waals surface area contributed by atoms with Crippen LogP contribution in [0.15, 0.2) is 53.4 Å². The Morgan fingerprint density at radius 2 is 1.97 bits per heavy atom. The molecule has 1 aliphatic rings. The second-order valence-corrected chi connectivity index (χ2v) is 9.22. The standard InChI is InChI=1S/C22H29N3O4S/c1-17-15-20(24-18(2)26)9-10-22(17)30(27,28)23-11-6-12-25-13-14-29-21(16-25)19-7-4-3-5-8-19/h3-5,7-10,15,21,23H,6,11-14,16H2,1-2H3,(H,24,26). The molecule has 1 atom stereocenters. The number of aryl methyl sites for hydroxylation is 1. The Morgan fingerprint density at radius 1 is 1.20 bits per heavy atom. The first-order chi connectivity index (χ1) is 14.3. The smallest absolute Gasteiger partial charge is 0.240 e. The van der Waals surface area contributed by atoms with Crippen LogP contribution in [0, 0.1) is 6.92 Å². The normalized spacial score (nSPS) is 17.6. The van der Waals surface area contributed by atoms with Crippen molar-refractivity contribution in [3.05, 3.63) is 59.7 Å². The summed E-state index contributed by atoms with van der Waals surface area (Å²) in [4.78, 5) is 13.7. The average Bonchev–Trinajstić information content (AvgIpc) is 2.71. The van der Waals surface area contributed by atoms with Crippen molar-refractivity contribution in [2.75, 3.05) is 38.1 Å². The summed E-state index contributed by atoms with van der Waals surface area (Å²) in [5.41, 5.74) is 2.34. The Kier molecular flexibility index (Phi) is 7.60. The molecule has 7 nitrogen and oxygen atoms in total. The fraction of sp³-hybridized carbons (Fsp3) is 0.409. The Labute approximate surface area is 178 Å². The summed E-state index contributed by atoms with van der Waals surface area (Å²) in [5.74, 6) is -0.194. The molecule has 2 aromatic carbocycles. The molecule has 1 amide bonds. The van der Waals surface area contributed by atoms with E-state index in [1.54, 1.807) is 19.1 Å². The lowest BCUT2D eigenvalue weighted by Crippen LogP contribution is -2.39. The number of nitrogens with zero attached hydrogens (tertiary/aromatic N) is 1. The van der Waals surface area contributed by atoms with Crippen molar-refractivity contribution in [2.24, 2.45) is 0 Å². The van der Waals surface area contributed by atoms with Gasteiger partial charge in [0, 0.05) is 32.2 Å². The highest BCUT2D eigenvalue weighted by Gasteiger charge is 2.22. The number of rotatable bonds is 8. The first kappa shape index (κ1) is 22.4. The van der Waals surface area contributed by atoms with E-state index >= 15 is 0 Å². The highest BCUT2D eigenvalue weighted by molar-refractivity contribution is 7.89. The van der Waals surface area contributed by atoms with Crippen LogP contribution in [0.2, 0.25) is 0 Å². The molecular weight excluding hydrogens is 402 g/mol. The molecule has 0 radical (unpaired) electrons. The van der Waals surface area contributed by atoms with Gasteiger partial charge in [0.15, 0.2) is 0 Å². The Balaban J connectivity index is 1.49. The van der Waals surface area contributed by atoms with E-state index < -0.39 is 10.0 Å². The third-order valence-electron chi connectivity index (χ3n) is 5.05. The van der Waals surface area contributed by atoms with E-state index in [0.717, 1.165) is 19.6 Å². The van der Waals surface area contributed by atoms with Gasteiger partial charge in [0.2, 0.25) is 15.9 Å². The molecular formula is C22H29N3O4S. The Morgan fingerprint density at radius 3 is 2.67 bits per heavy atom. The molecule has 0 saturated carbocycles. The summed E-state index contributed by atoms with van der Waals surface area (Å²) < 4.78 is 33.9. The highest BCUT2D eigenvalue weighted by atomic mass is 32.2. The third kappa shape index (κ3) is 6.12. The van der Waals surface area contributed by atoms with Crippen molar-refractivity contribution in [1.82, 2.24) is 9.62 Å². The van der Waals surface area contributed by atoms with Crippen LogP contribution >= 0.6 is 0 Å². The van der Waals surface area contributed by atoms with Gasteiger partial charge in [-0.1, -0.05) is 30.3 Å². The second-order valence-electron chi connectivity index (χ2n) is 7.48. The summed E-state index contributed by atoms with van der Waals surface area (Å²) in [6, 6.07) is 14.9. The zero-order chi connectivity index (χ0) is 21.6. The lowest BCUT2D eigenvalue weighted by atomic mass is 10.1. The number of hydrogen-bond donors (Lipinski definition) is 2. The van der Waals surface area contributed by atoms with E-state index in [-0.39, 0.29) is 16.9 Å². The van der Waals surface area contributed by atoms with Crippen LogP contribution < -0.4 is 10.0 Å². The van der Waals surface area contributed by atoms with Crippen molar-refractivity contribution < 1.29 is 17.9 Å². The molecule has 1 aliphatic heterocycles. The van der Waals surface area contributed by atoms with Gasteiger partial charge in [-0.15, -0.1) is 0 Å². The summed E-state index contributed by atoms with van der Waals surface area (Å²) in [6.45, 7) is 6.62. The first-order valence-electron chi connectivity index (χ1n) is 10.1. The highest BCUT2D eigenvalue weighted by Crippen LogP contribution is 2.22. The number of anilines is 1. The number of amides is 1. The van der Waals surface area contributed by atoms with E-state index in [0.29, 0.717) is 30.8 Å². The lowest BCUT2D eigenvalue weighted by Gasteiger charge is -2.33. The molecule has 3 rings (SSSR count). The number of nitrogens with one attached hydrogen (secondary N) is 2. The number of hydrogen-bond acceptors (Lipinski definition) is 5. The van der Waals surface area contributed by atoms with Gasteiger partial charge >= 0.3 is 0 Å². The van der Waals surface area contributed by atoms with Crippen LogP contribution in [0.1, 0.15) is 30.6 Å². The number of carbonyl (C=O) groups excluding carboxylic acids is 1. The minimum Gasteiger partial charge on any atom is -0.371 e. The van der Waals surface area contributed by atoms with Crippen LogP contribution in [-0.4, -0.2) is 52.0 Å². The van der Waals surface area contributed by atoms with Crippen molar-refractivity contribution in [3.8, 4) is 0 Å². The largest absolute Gasteiger partial charge is 0.371 e. The fourth-order valence-electron chi connectivity index (χ4n) is 3.59. The zero-order valence-electron chi connectivity index (χ0n) is 17.4. The number of ether oxygens (including phenoxy) is 1. The molecule has 1 unspecified atom stereocenters. The van der Waals surface area contributed by atoms with Crippen LogP contribution in [0.3, 0.4) is 0 Å². The van der Waals surface area contributed by atoms with Crippen LogP contribution in [0.4, 0.5) is 5.69 Å². The monoisotopic (exact) mass is 431 g/mol. The van der Waals surface area contributed by atoms with E-state index in [4.69, 9.17) is 4.74 Å². The lowest BCUT2D eigenvalue weighted by molar-refractivity contribution is -0.114. The van der Waals surface area contributed by atoms with Gasteiger partial charge in [-0.25, -0.2) is 13.1 Å². The summed E-state index contributed by atoms with van der Waals surface area (Å²) in [5, 5.41) is 2.66. The van der Waals surface area contributed by atoms with E-state index in [1.807, 2.05) is 18.2 Å². The van der Waals surface area contributed by atoms with Crippen LogP contribution in [0.25, 0.3) is 0 Å². The maximum absolute atomic E-state index is 12.6. The van der Waals surface area contributed by atoms with Crippen molar-refractivity contribution in [2.45, 2.75) is 31.3 Å². The predicted molar refractivity (Wildman–Crippen MR) is 117 cm³/mol. The number of morpholine rings is 1. The van der Waals surface area contributed by atoms with Crippen molar-refractivity contribution in [1.29, 1.82) is 0 Å². The van der Waals surface area contributed by atoms with Gasteiger partial charge < -0.3 is 10.1 Å². The third-order valence-corrected chi connectivity index (χ3v) is 6.67. The van der Waals surface area contributed by atoms with Gasteiger partial charge in [-0.05, 0) is 49.2 Å². The molecule has 1 heterocycles. The molecule has 0 aromatic heterocycles. The SMILES string of the molecule is CC(=O)Nc1ccc(S(=O)(=O)NCCCN2CCOC(c3ccccc3)C2)c(C)c1. The number of sulfonamides is 1. The quantitative estimate of drug-likeness (QED) is 0.628. The van der Waals surface area contributed by atoms with Gasteiger partial charge in [0.05, 0.1) is 17.6 Å². The molecule has 8 heteroatoms. The fourth-order valence-corrected chi connectivity index (χ4v) is 4.89. The van der Waals surface area contributed by atoms with Gasteiger partial charge in [-0.3, -0.25) is 9.69 Å². The molecule has 0 aliphatic carbocycles. The van der Waals surface area contributed by atoms with E-state index in [9.17, 15) is 13.2 Å². The van der Waals surface area contributed by atoms with Crippen molar-refractivity contribution >= 4 is 21.6 Å². The summed E-state index contributed by atoms with van der Waals surface area (Å²) >= 11 is 0. The van der Waals surface area contributed by atoms with Gasteiger partial charge in [0.1, 0.15) is 0 Å². The number of benzene rings is 2. The molecule has 0 bridgehead atoms. The molecule has 30 heavy (non-hydrogen) atoms. The summed E-state index contributed by atoms with van der Waals surface area (Å²) in [6.07, 6.45) is 0.769. The Bertz CT molecular complexity index is 964. The minimum atomic E-state index is -3.60. The van der Waals surface area contributed by atoms with E-state index in [2.05, 4.69) is 27.1 Å².